The number of guanidine groups is 3. The second-order valence-electron chi connectivity index (χ2n) is 11.4. The second kappa shape index (κ2) is 28.0. The number of aliphatic hydroxyl groups excluding tert-OH is 1. The van der Waals surface area contributed by atoms with Gasteiger partial charge in [-0.1, -0.05) is 12.8 Å². The minimum atomic E-state index is -0.427. The van der Waals surface area contributed by atoms with Crippen LogP contribution in [0, 0.1) is 0 Å². The molecule has 3 rings (SSSR count). The number of carbonyl (C=O) groups is 3. The molecule has 0 amide bonds. The van der Waals surface area contributed by atoms with E-state index in [1.54, 1.807) is 0 Å². The molecule has 0 aliphatic carbocycles. The zero-order valence-electron chi connectivity index (χ0n) is 30.1. The molecule has 0 spiro atoms. The molecule has 0 saturated heterocycles. The number of esters is 1. The molecule has 0 aromatic carbocycles. The summed E-state index contributed by atoms with van der Waals surface area (Å²) in [6, 6.07) is 0. The van der Waals surface area contributed by atoms with E-state index < -0.39 is 5.97 Å². The summed E-state index contributed by atoms with van der Waals surface area (Å²) in [7, 11) is 0. The van der Waals surface area contributed by atoms with Gasteiger partial charge in [-0.25, -0.2) is 15.0 Å². The maximum atomic E-state index is 11.4. The highest BCUT2D eigenvalue weighted by atomic mass is 32.1. The van der Waals surface area contributed by atoms with Crippen LogP contribution in [0.4, 0.5) is 15.4 Å². The number of aromatic nitrogens is 3. The van der Waals surface area contributed by atoms with Gasteiger partial charge in [-0.15, -0.1) is 34.0 Å². The number of aryl methyl sites for hydroxylation is 3. The van der Waals surface area contributed by atoms with Crippen molar-refractivity contribution in [3.05, 3.63) is 33.2 Å². The quantitative estimate of drug-likeness (QED) is 0.0313. The van der Waals surface area contributed by atoms with Crippen LogP contribution in [0.15, 0.2) is 31.1 Å². The topological polar surface area (TPSA) is 339 Å². The maximum Gasteiger partial charge on any atom is 0.303 e. The van der Waals surface area contributed by atoms with Crippen molar-refractivity contribution in [3.8, 4) is 0 Å². The third-order valence-electron chi connectivity index (χ3n) is 6.57. The fourth-order valence-corrected chi connectivity index (χ4v) is 6.33. The van der Waals surface area contributed by atoms with Crippen molar-refractivity contribution in [2.24, 2.45) is 55.1 Å². The molecule has 15 N–H and O–H groups in total. The number of nitrogens with two attached hydrogens (primary N) is 7. The monoisotopic (exact) mass is 795 g/mol. The van der Waals surface area contributed by atoms with Crippen molar-refractivity contribution in [1.82, 2.24) is 15.0 Å². The minimum Gasteiger partial charge on any atom is -0.458 e. The van der Waals surface area contributed by atoms with Crippen molar-refractivity contribution in [1.29, 1.82) is 0 Å². The summed E-state index contributed by atoms with van der Waals surface area (Å²) >= 11 is 4.25. The molecule has 0 fully saturated rings. The number of ketones is 2. The maximum absolute atomic E-state index is 11.4. The first-order valence-electron chi connectivity index (χ1n) is 16.9. The highest BCUT2D eigenvalue weighted by Crippen LogP contribution is 2.21. The van der Waals surface area contributed by atoms with E-state index in [1.807, 2.05) is 16.1 Å². The zero-order valence-corrected chi connectivity index (χ0v) is 32.5. The molecule has 3 aromatic heterocycles. The first kappa shape index (κ1) is 46.5. The van der Waals surface area contributed by atoms with E-state index in [0.717, 1.165) is 94.3 Å². The van der Waals surface area contributed by atoms with Gasteiger partial charge in [-0.2, -0.15) is 15.0 Å². The van der Waals surface area contributed by atoms with Crippen LogP contribution in [0.5, 0.6) is 0 Å². The predicted octanol–water partition coefficient (Wildman–Crippen LogP) is 2.32. The average molecular weight is 796 g/mol. The summed E-state index contributed by atoms with van der Waals surface area (Å²) in [5.74, 6) is -0.510. The molecule has 3 heterocycles. The smallest absolute Gasteiger partial charge is 0.303 e. The Bertz CT molecular complexity index is 1590. The molecule has 53 heavy (non-hydrogen) atoms. The summed E-state index contributed by atoms with van der Waals surface area (Å²) in [6.07, 6.45) is 10.9. The Kier molecular flexibility index (Phi) is 24.5. The van der Waals surface area contributed by atoms with Gasteiger partial charge in [0, 0.05) is 35.9 Å². The van der Waals surface area contributed by atoms with Crippen LogP contribution in [-0.2, 0) is 38.4 Å². The third kappa shape index (κ3) is 25.1. The van der Waals surface area contributed by atoms with Crippen molar-refractivity contribution in [3.63, 3.8) is 0 Å². The number of unbranched alkanes of at least 4 members (excludes halogenated alkanes) is 5. The van der Waals surface area contributed by atoms with Gasteiger partial charge >= 0.3 is 5.97 Å². The lowest BCUT2D eigenvalue weighted by atomic mass is 10.1. The first-order valence-corrected chi connectivity index (χ1v) is 19.5. The van der Waals surface area contributed by atoms with Crippen molar-refractivity contribution < 1.29 is 24.2 Å². The number of aliphatic imine (C=N–C) groups is 3. The fraction of sp³-hybridized carbons (Fsp3) is 0.531. The molecular formula is C32H53N13O5S3. The molecule has 294 valence electrons. The normalized spacial score (nSPS) is 10.2. The summed E-state index contributed by atoms with van der Waals surface area (Å²) in [5.41, 5.74) is 39.9. The minimum absolute atomic E-state index is 0.00203. The molecule has 0 saturated carbocycles. The van der Waals surface area contributed by atoms with Crippen molar-refractivity contribution in [2.75, 3.05) is 19.8 Å². The number of Topliss-reactive ketones (excluding diaryl/α,β-unsaturated/α-hetero) is 2. The Morgan fingerprint density at radius 3 is 1.34 bits per heavy atom. The first-order chi connectivity index (χ1) is 25.3. The molecule has 18 nitrogen and oxygen atoms in total. The highest BCUT2D eigenvalue weighted by molar-refractivity contribution is 7.14. The summed E-state index contributed by atoms with van der Waals surface area (Å²) in [4.78, 5) is 57.2. The molecule has 3 aromatic rings. The Morgan fingerprint density at radius 1 is 0.623 bits per heavy atom. The van der Waals surface area contributed by atoms with Crippen molar-refractivity contribution in [2.45, 2.75) is 90.4 Å². The van der Waals surface area contributed by atoms with E-state index in [0.29, 0.717) is 28.2 Å². The molecule has 0 aliphatic rings. The molecule has 0 aliphatic heterocycles. The van der Waals surface area contributed by atoms with E-state index in [1.165, 1.54) is 40.9 Å². The van der Waals surface area contributed by atoms with Gasteiger partial charge in [0.15, 0.2) is 29.4 Å². The Balaban J connectivity index is 0.000000405. The molecular weight excluding hydrogens is 743 g/mol. The van der Waals surface area contributed by atoms with Crippen molar-refractivity contribution >= 4 is 84.8 Å². The van der Waals surface area contributed by atoms with E-state index in [4.69, 9.17) is 45.2 Å². The Labute approximate surface area is 321 Å². The van der Waals surface area contributed by atoms with Gasteiger partial charge in [0.1, 0.15) is 13.2 Å². The lowest BCUT2D eigenvalue weighted by molar-refractivity contribution is -0.145. The van der Waals surface area contributed by atoms with E-state index in [-0.39, 0.29) is 42.7 Å². The number of hydrogen-bond donors (Lipinski definition) is 8. The number of thiazole rings is 3. The van der Waals surface area contributed by atoms with Gasteiger partial charge < -0.3 is 50.0 Å². The average Bonchev–Trinajstić information content (AvgIpc) is 3.85. The lowest BCUT2D eigenvalue weighted by Crippen LogP contribution is -2.21. The standard InChI is InChI=1S/C13H20N4O3S.C11H18N4O2S.C8H15N5S/c1-9(18)20-7-11(19)6-4-2-3-5-10-8-21-13(16-10)17-12(14)15;12-10(13)15-11-14-8(7-18-11)4-2-1-3-5-9(17)6-16;9-4-2-1-3-6-5-14-8(12-6)13-7(10)11/h8H,2-7H2,1H3,(H4,14,15,16,17);7,16H,1-6H2,(H4,12,13,14,15);5H,1-4,9H2,(H4,10,11,12,13). The summed E-state index contributed by atoms with van der Waals surface area (Å²) in [6.45, 7) is 1.54. The van der Waals surface area contributed by atoms with E-state index >= 15 is 0 Å². The van der Waals surface area contributed by atoms with Crippen LogP contribution in [0.2, 0.25) is 0 Å². The molecule has 21 heteroatoms. The molecule has 0 bridgehead atoms. The second-order valence-corrected chi connectivity index (χ2v) is 13.9. The van der Waals surface area contributed by atoms with E-state index in [2.05, 4.69) is 34.7 Å². The van der Waals surface area contributed by atoms with Gasteiger partial charge in [-0.3, -0.25) is 14.4 Å². The predicted molar refractivity (Wildman–Crippen MR) is 213 cm³/mol. The number of rotatable bonds is 22. The van der Waals surface area contributed by atoms with Gasteiger partial charge in [0.25, 0.3) is 0 Å². The summed E-state index contributed by atoms with van der Waals surface area (Å²) in [5, 5.41) is 16.1. The number of aliphatic hydroxyl groups is 1. The molecule has 0 atom stereocenters. The van der Waals surface area contributed by atoms with Crippen LogP contribution in [0.3, 0.4) is 0 Å². The van der Waals surface area contributed by atoms with Crippen LogP contribution < -0.4 is 40.1 Å². The largest absolute Gasteiger partial charge is 0.458 e. The SMILES string of the molecule is CC(=O)OCC(=O)CCCCCc1csc(N=C(N)N)n1.NC(N)=Nc1nc(CCCCCC(=O)CO)cs1.NCCCCc1csc(N=C(N)N)n1. The van der Waals surface area contributed by atoms with Crippen LogP contribution in [-0.4, -0.2) is 75.2 Å². The Morgan fingerprint density at radius 2 is 1.00 bits per heavy atom. The Hall–Kier alpha value is -4.57. The number of nitrogens with zero attached hydrogens (tertiary/aromatic N) is 6. The number of carbonyl (C=O) groups excluding carboxylic acids is 3. The lowest BCUT2D eigenvalue weighted by Gasteiger charge is -2.01. The summed E-state index contributed by atoms with van der Waals surface area (Å²) < 4.78 is 4.63. The number of hydrogen-bond acceptors (Lipinski definition) is 15. The van der Waals surface area contributed by atoms with Gasteiger partial charge in [0.2, 0.25) is 15.4 Å². The molecule has 0 unspecified atom stereocenters. The zero-order chi connectivity index (χ0) is 39.4. The van der Waals surface area contributed by atoms with Crippen LogP contribution in [0.1, 0.15) is 88.2 Å². The number of ether oxygens (including phenoxy) is 1. The fourth-order valence-electron chi connectivity index (χ4n) is 4.11. The van der Waals surface area contributed by atoms with Crippen LogP contribution >= 0.6 is 34.0 Å². The third-order valence-corrected chi connectivity index (χ3v) is 8.92. The van der Waals surface area contributed by atoms with Gasteiger partial charge in [-0.05, 0) is 64.3 Å². The van der Waals surface area contributed by atoms with E-state index in [9.17, 15) is 14.4 Å². The van der Waals surface area contributed by atoms with Gasteiger partial charge in [0.05, 0.1) is 17.1 Å². The molecule has 0 radical (unpaired) electrons. The van der Waals surface area contributed by atoms with Crippen LogP contribution in [0.25, 0.3) is 0 Å². The highest BCUT2D eigenvalue weighted by Gasteiger charge is 2.06.